The molecule has 1 unspecified atom stereocenters. The molecule has 1 aromatic heterocycles. The zero-order chi connectivity index (χ0) is 11.5. The molecule has 0 aliphatic heterocycles. The van der Waals surface area contributed by atoms with Gasteiger partial charge in [0.15, 0.2) is 5.82 Å². The summed E-state index contributed by atoms with van der Waals surface area (Å²) in [6.07, 6.45) is 1.96. The number of aliphatic hydroxyl groups excluding tert-OH is 1. The molecule has 1 atom stereocenters. The van der Waals surface area contributed by atoms with Gasteiger partial charge in [-0.3, -0.25) is 4.79 Å². The first kappa shape index (κ1) is 11.5. The van der Waals surface area contributed by atoms with E-state index in [0.717, 1.165) is 0 Å². The number of hydrogen-bond donors (Lipinski definition) is 4. The number of H-pyrrole nitrogens is 1. The minimum atomic E-state index is -0.519. The van der Waals surface area contributed by atoms with Crippen LogP contribution in [0.15, 0.2) is 11.1 Å². The van der Waals surface area contributed by atoms with Gasteiger partial charge in [0.25, 0.3) is 5.56 Å². The molecule has 0 amide bonds. The first-order chi connectivity index (χ1) is 7.02. The van der Waals surface area contributed by atoms with Crippen LogP contribution < -0.4 is 16.6 Å². The zero-order valence-corrected chi connectivity index (χ0v) is 8.87. The summed E-state index contributed by atoms with van der Waals surface area (Å²) in [4.78, 5) is 17.5. The highest BCUT2D eigenvalue weighted by Gasteiger charge is 2.22. The topological polar surface area (TPSA) is 104 Å². The summed E-state index contributed by atoms with van der Waals surface area (Å²) >= 11 is 0. The van der Waals surface area contributed by atoms with Crippen molar-refractivity contribution in [2.45, 2.75) is 25.8 Å². The maximum Gasteiger partial charge on any atom is 0.276 e. The molecule has 0 bridgehead atoms. The van der Waals surface area contributed by atoms with Crippen molar-refractivity contribution < 1.29 is 5.11 Å². The van der Waals surface area contributed by atoms with E-state index >= 15 is 0 Å². The van der Waals surface area contributed by atoms with Crippen molar-refractivity contribution in [3.8, 4) is 0 Å². The normalized spacial score (nSPS) is 14.6. The van der Waals surface area contributed by atoms with Crippen LogP contribution in [0.2, 0.25) is 0 Å². The fourth-order valence-electron chi connectivity index (χ4n) is 1.04. The lowest BCUT2D eigenvalue weighted by molar-refractivity contribution is 0.218. The lowest BCUT2D eigenvalue weighted by atomic mass is 10.0. The Morgan fingerprint density at radius 2 is 2.40 bits per heavy atom. The molecule has 0 aliphatic rings. The van der Waals surface area contributed by atoms with Gasteiger partial charge in [-0.25, -0.2) is 4.98 Å². The molecule has 1 aromatic rings. The van der Waals surface area contributed by atoms with Crippen molar-refractivity contribution in [1.29, 1.82) is 0 Å². The van der Waals surface area contributed by atoms with Crippen LogP contribution in [-0.2, 0) is 0 Å². The van der Waals surface area contributed by atoms with E-state index in [1.54, 1.807) is 0 Å². The number of aliphatic hydroxyl groups is 1. The van der Waals surface area contributed by atoms with Crippen molar-refractivity contribution >= 4 is 11.5 Å². The number of nitrogens with two attached hydrogens (primary N) is 1. The molecule has 1 rings (SSSR count). The maximum absolute atomic E-state index is 11.2. The fourth-order valence-corrected chi connectivity index (χ4v) is 1.04. The van der Waals surface area contributed by atoms with Gasteiger partial charge in [0, 0.05) is 0 Å². The van der Waals surface area contributed by atoms with Crippen molar-refractivity contribution in [2.75, 3.05) is 17.7 Å². The lowest BCUT2D eigenvalue weighted by Crippen LogP contribution is -2.39. The minimum Gasteiger partial charge on any atom is -0.394 e. The molecule has 0 spiro atoms. The number of hydrogen-bond acceptors (Lipinski definition) is 5. The van der Waals surface area contributed by atoms with Crippen LogP contribution in [0.25, 0.3) is 0 Å². The number of aromatic amines is 1. The van der Waals surface area contributed by atoms with Gasteiger partial charge in [-0.2, -0.15) is 0 Å². The van der Waals surface area contributed by atoms with E-state index in [0.29, 0.717) is 12.2 Å². The van der Waals surface area contributed by atoms with Crippen LogP contribution in [0, 0.1) is 0 Å². The van der Waals surface area contributed by atoms with Crippen molar-refractivity contribution in [3.63, 3.8) is 0 Å². The van der Waals surface area contributed by atoms with Gasteiger partial charge in [-0.1, -0.05) is 6.92 Å². The molecule has 0 saturated carbocycles. The molecule has 5 N–H and O–H groups in total. The Labute approximate surface area is 87.5 Å². The number of nitrogen functional groups attached to an aromatic ring is 1. The standard InChI is InChI=1S/C9H16N4O2/c1-3-9(2,4-14)13-7-6(10)8(15)12-5-11-7/h5,14H,3-4,10H2,1-2H3,(H2,11,12,13,15). The van der Waals surface area contributed by atoms with Crippen molar-refractivity contribution in [2.24, 2.45) is 0 Å². The van der Waals surface area contributed by atoms with Gasteiger partial charge in [-0.15, -0.1) is 0 Å². The summed E-state index contributed by atoms with van der Waals surface area (Å²) in [5, 5.41) is 12.1. The lowest BCUT2D eigenvalue weighted by Gasteiger charge is -2.28. The SMILES string of the molecule is CCC(C)(CO)Nc1nc[nH]c(=O)c1N. The Morgan fingerprint density at radius 1 is 1.73 bits per heavy atom. The summed E-state index contributed by atoms with van der Waals surface area (Å²) < 4.78 is 0. The Bertz CT molecular complexity index is 384. The number of nitrogens with zero attached hydrogens (tertiary/aromatic N) is 1. The minimum absolute atomic E-state index is 0.0330. The Balaban J connectivity index is 2.99. The Morgan fingerprint density at radius 3 is 2.93 bits per heavy atom. The average Bonchev–Trinajstić information content (AvgIpc) is 2.25. The quantitative estimate of drug-likeness (QED) is 0.559. The second-order valence-corrected chi connectivity index (χ2v) is 3.69. The second-order valence-electron chi connectivity index (χ2n) is 3.69. The summed E-state index contributed by atoms with van der Waals surface area (Å²) in [5.74, 6) is 0.303. The fraction of sp³-hybridized carbons (Fsp3) is 0.556. The monoisotopic (exact) mass is 212 g/mol. The van der Waals surface area contributed by atoms with Gasteiger partial charge in [-0.05, 0) is 13.3 Å². The van der Waals surface area contributed by atoms with Crippen molar-refractivity contribution in [3.05, 3.63) is 16.7 Å². The van der Waals surface area contributed by atoms with Crippen LogP contribution in [0.5, 0.6) is 0 Å². The molecular formula is C9H16N4O2. The van der Waals surface area contributed by atoms with E-state index in [1.165, 1.54) is 6.33 Å². The Kier molecular flexibility index (Phi) is 3.31. The van der Waals surface area contributed by atoms with E-state index in [-0.39, 0.29) is 17.9 Å². The molecule has 0 aliphatic carbocycles. The average molecular weight is 212 g/mol. The summed E-state index contributed by atoms with van der Waals surface area (Å²) in [5.41, 5.74) is 4.68. The molecule has 84 valence electrons. The van der Waals surface area contributed by atoms with E-state index in [4.69, 9.17) is 5.73 Å². The third kappa shape index (κ3) is 2.47. The van der Waals surface area contributed by atoms with E-state index in [1.807, 2.05) is 13.8 Å². The van der Waals surface area contributed by atoms with Gasteiger partial charge >= 0.3 is 0 Å². The highest BCUT2D eigenvalue weighted by molar-refractivity contribution is 5.60. The molecular weight excluding hydrogens is 196 g/mol. The van der Waals surface area contributed by atoms with Crippen molar-refractivity contribution in [1.82, 2.24) is 9.97 Å². The van der Waals surface area contributed by atoms with Crippen LogP contribution in [0.4, 0.5) is 11.5 Å². The third-order valence-electron chi connectivity index (χ3n) is 2.44. The van der Waals surface area contributed by atoms with Crippen LogP contribution >= 0.6 is 0 Å². The van der Waals surface area contributed by atoms with Gasteiger partial charge < -0.3 is 21.1 Å². The third-order valence-corrected chi connectivity index (χ3v) is 2.44. The molecule has 0 fully saturated rings. The van der Waals surface area contributed by atoms with Crippen LogP contribution in [0.3, 0.4) is 0 Å². The molecule has 0 saturated heterocycles. The molecule has 0 radical (unpaired) electrons. The number of nitrogens with one attached hydrogen (secondary N) is 2. The zero-order valence-electron chi connectivity index (χ0n) is 8.87. The number of aromatic nitrogens is 2. The highest BCUT2D eigenvalue weighted by atomic mass is 16.3. The summed E-state index contributed by atoms with van der Waals surface area (Å²) in [6.45, 7) is 3.69. The molecule has 15 heavy (non-hydrogen) atoms. The first-order valence-corrected chi connectivity index (χ1v) is 4.74. The van der Waals surface area contributed by atoms with E-state index < -0.39 is 5.54 Å². The number of anilines is 2. The van der Waals surface area contributed by atoms with Crippen LogP contribution in [0.1, 0.15) is 20.3 Å². The predicted molar refractivity (Wildman–Crippen MR) is 58.7 cm³/mol. The second kappa shape index (κ2) is 4.31. The smallest absolute Gasteiger partial charge is 0.276 e. The summed E-state index contributed by atoms with van der Waals surface area (Å²) in [6, 6.07) is 0. The number of rotatable bonds is 4. The maximum atomic E-state index is 11.2. The van der Waals surface area contributed by atoms with Gasteiger partial charge in [0.1, 0.15) is 5.69 Å². The molecule has 0 aromatic carbocycles. The van der Waals surface area contributed by atoms with E-state index in [2.05, 4.69) is 15.3 Å². The van der Waals surface area contributed by atoms with Gasteiger partial charge in [0.2, 0.25) is 0 Å². The predicted octanol–water partition coefficient (Wildman–Crippen LogP) is -0.0750. The first-order valence-electron chi connectivity index (χ1n) is 4.74. The molecule has 6 nitrogen and oxygen atoms in total. The van der Waals surface area contributed by atoms with Gasteiger partial charge in [0.05, 0.1) is 18.5 Å². The van der Waals surface area contributed by atoms with Crippen LogP contribution in [-0.4, -0.2) is 27.2 Å². The molecule has 1 heterocycles. The van der Waals surface area contributed by atoms with E-state index in [9.17, 15) is 9.90 Å². The highest BCUT2D eigenvalue weighted by Crippen LogP contribution is 2.18. The Hall–Kier alpha value is -1.56. The summed E-state index contributed by atoms with van der Waals surface area (Å²) in [7, 11) is 0. The largest absolute Gasteiger partial charge is 0.394 e. The molecule has 6 heteroatoms.